The largest absolute Gasteiger partial charge is 0.487 e. The number of urea groups is 1. The Bertz CT molecular complexity index is 1030. The lowest BCUT2D eigenvalue weighted by Crippen LogP contribution is -2.45. The van der Waals surface area contributed by atoms with Crippen LogP contribution in [-0.4, -0.2) is 55.6 Å². The van der Waals surface area contributed by atoms with Crippen LogP contribution in [0.4, 0.5) is 36.8 Å². The summed E-state index contributed by atoms with van der Waals surface area (Å²) in [5.41, 5.74) is -0.456. The summed E-state index contributed by atoms with van der Waals surface area (Å²) in [7, 11) is 0. The summed E-state index contributed by atoms with van der Waals surface area (Å²) in [6.45, 7) is 1.04. The van der Waals surface area contributed by atoms with Crippen molar-refractivity contribution in [3.63, 3.8) is 0 Å². The molecule has 0 spiro atoms. The molecule has 4 rings (SSSR count). The summed E-state index contributed by atoms with van der Waals surface area (Å²) in [4.78, 5) is 16.0. The number of halogens is 6. The van der Waals surface area contributed by atoms with Crippen molar-refractivity contribution in [2.24, 2.45) is 0 Å². The first kappa shape index (κ1) is 23.2. The topological polar surface area (TPSA) is 45.3 Å². The monoisotopic (exact) mass is 474 g/mol. The van der Waals surface area contributed by atoms with Crippen LogP contribution in [-0.2, 0) is 10.3 Å². The molecule has 0 aromatic heterocycles. The van der Waals surface area contributed by atoms with Gasteiger partial charge in [0.2, 0.25) is 0 Å². The molecule has 2 fully saturated rings. The maximum Gasteiger partial charge on any atom is 0.340 e. The number of benzene rings is 2. The molecule has 11 heteroatoms. The molecule has 2 aliphatic heterocycles. The zero-order chi connectivity index (χ0) is 24.0. The number of hydrogen-bond donors (Lipinski definition) is 0. The molecular weight excluding hydrogens is 454 g/mol. The second-order valence-corrected chi connectivity index (χ2v) is 7.95. The van der Waals surface area contributed by atoms with Gasteiger partial charge in [0.05, 0.1) is 12.6 Å². The second kappa shape index (κ2) is 8.44. The quantitative estimate of drug-likeness (QED) is 0.408. The van der Waals surface area contributed by atoms with Crippen molar-refractivity contribution in [1.82, 2.24) is 4.90 Å². The van der Waals surface area contributed by atoms with Gasteiger partial charge in [0, 0.05) is 30.4 Å². The zero-order valence-corrected chi connectivity index (χ0v) is 17.4. The average molecular weight is 474 g/mol. The first-order chi connectivity index (χ1) is 15.5. The van der Waals surface area contributed by atoms with Gasteiger partial charge in [-0.05, 0) is 37.3 Å². The Morgan fingerprint density at radius 2 is 1.79 bits per heavy atom. The van der Waals surface area contributed by atoms with Crippen molar-refractivity contribution in [2.45, 2.75) is 30.9 Å². The van der Waals surface area contributed by atoms with Gasteiger partial charge in [0.25, 0.3) is 0 Å². The minimum atomic E-state index is -4.27. The number of carbonyl (C=O) groups excluding carboxylic acids is 1. The molecule has 2 aromatic rings. The number of anilines is 1. The van der Waals surface area contributed by atoms with Gasteiger partial charge in [0.1, 0.15) is 23.0 Å². The fourth-order valence-electron chi connectivity index (χ4n) is 3.90. The third kappa shape index (κ3) is 4.33. The Balaban J connectivity index is 1.44. The number of hydrogen-bond acceptors (Lipinski definition) is 3. The van der Waals surface area contributed by atoms with Crippen LogP contribution in [0.5, 0.6) is 5.75 Å². The van der Waals surface area contributed by atoms with Gasteiger partial charge in [-0.1, -0.05) is 6.07 Å². The van der Waals surface area contributed by atoms with E-state index in [4.69, 9.17) is 9.47 Å². The molecule has 2 aliphatic rings. The Morgan fingerprint density at radius 1 is 1.12 bits per heavy atom. The summed E-state index contributed by atoms with van der Waals surface area (Å²) in [6.07, 6.45) is -3.84. The molecule has 0 saturated carbocycles. The molecule has 0 N–H and O–H groups in total. The van der Waals surface area contributed by atoms with E-state index in [0.29, 0.717) is 18.8 Å². The van der Waals surface area contributed by atoms with Crippen molar-refractivity contribution in [3.05, 3.63) is 59.7 Å². The first-order valence-electron chi connectivity index (χ1n) is 10.1. The van der Waals surface area contributed by atoms with E-state index in [0.717, 1.165) is 12.1 Å². The number of ether oxygens (including phenoxy) is 2. The molecule has 5 nitrogen and oxygen atoms in total. The minimum Gasteiger partial charge on any atom is -0.487 e. The van der Waals surface area contributed by atoms with Gasteiger partial charge in [-0.15, -0.1) is 0 Å². The van der Waals surface area contributed by atoms with E-state index in [-0.39, 0.29) is 24.0 Å². The number of epoxide rings is 1. The van der Waals surface area contributed by atoms with E-state index in [2.05, 4.69) is 0 Å². The highest BCUT2D eigenvalue weighted by Crippen LogP contribution is 2.46. The number of carbonyl (C=O) groups is 1. The van der Waals surface area contributed by atoms with E-state index >= 15 is 0 Å². The van der Waals surface area contributed by atoms with Gasteiger partial charge in [0.15, 0.2) is 6.61 Å². The van der Waals surface area contributed by atoms with Crippen molar-refractivity contribution in [1.29, 1.82) is 0 Å². The Kier molecular flexibility index (Phi) is 5.94. The maximum atomic E-state index is 14.4. The SMILES string of the molecule is CC(N1CCN(c2ccc(OCC(F)(F)C(F)F)cc2)C1=O)C1(c2ccc(F)cc2F)CO1. The third-order valence-corrected chi connectivity index (χ3v) is 5.92. The summed E-state index contributed by atoms with van der Waals surface area (Å²) in [5.74, 6) is -5.79. The Labute approximate surface area is 185 Å². The van der Waals surface area contributed by atoms with E-state index in [1.54, 1.807) is 6.92 Å². The number of amides is 2. The first-order valence-corrected chi connectivity index (χ1v) is 10.1. The van der Waals surface area contributed by atoms with Gasteiger partial charge in [-0.2, -0.15) is 8.78 Å². The molecule has 2 heterocycles. The summed E-state index contributed by atoms with van der Waals surface area (Å²) >= 11 is 0. The highest BCUT2D eigenvalue weighted by molar-refractivity contribution is 5.94. The van der Waals surface area contributed by atoms with Crippen molar-refractivity contribution in [2.75, 3.05) is 31.2 Å². The van der Waals surface area contributed by atoms with Crippen LogP contribution in [0.25, 0.3) is 0 Å². The molecule has 0 bridgehead atoms. The number of alkyl halides is 4. The maximum absolute atomic E-state index is 14.4. The van der Waals surface area contributed by atoms with Crippen molar-refractivity contribution >= 4 is 11.7 Å². The summed E-state index contributed by atoms with van der Waals surface area (Å²) in [5, 5.41) is 0. The molecule has 178 valence electrons. The Morgan fingerprint density at radius 3 is 2.36 bits per heavy atom. The van der Waals surface area contributed by atoms with Crippen LogP contribution in [0.3, 0.4) is 0 Å². The average Bonchev–Trinajstić information content (AvgIpc) is 3.48. The fourth-order valence-corrected chi connectivity index (χ4v) is 3.90. The Hall–Kier alpha value is -2.95. The molecular formula is C22H20F6N2O3. The van der Waals surface area contributed by atoms with Crippen molar-refractivity contribution < 1.29 is 40.6 Å². The summed E-state index contributed by atoms with van der Waals surface area (Å²) < 4.78 is 88.4. The van der Waals surface area contributed by atoms with Crippen LogP contribution in [0.2, 0.25) is 0 Å². The number of rotatable bonds is 8. The second-order valence-electron chi connectivity index (χ2n) is 7.95. The molecule has 0 radical (unpaired) electrons. The highest BCUT2D eigenvalue weighted by atomic mass is 19.3. The third-order valence-electron chi connectivity index (χ3n) is 5.92. The van der Waals surface area contributed by atoms with E-state index in [1.807, 2.05) is 0 Å². The minimum absolute atomic E-state index is 0.0481. The van der Waals surface area contributed by atoms with Crippen LogP contribution in [0.15, 0.2) is 42.5 Å². The standard InChI is InChI=1S/C22H20F6N2O3/c1-13(21(11-33-21)17-7-2-14(23)10-18(17)24)29-8-9-30(20(29)31)15-3-5-16(6-4-15)32-12-22(27,28)19(25)26/h2-7,10,13,19H,8-9,11-12H2,1H3. The van der Waals surface area contributed by atoms with Crippen LogP contribution < -0.4 is 9.64 Å². The van der Waals surface area contributed by atoms with Crippen LogP contribution in [0, 0.1) is 11.6 Å². The fraction of sp³-hybridized carbons (Fsp3) is 0.409. The molecule has 2 amide bonds. The van der Waals surface area contributed by atoms with Gasteiger partial charge in [-0.25, -0.2) is 22.4 Å². The van der Waals surface area contributed by atoms with Gasteiger partial charge >= 0.3 is 18.4 Å². The molecule has 33 heavy (non-hydrogen) atoms. The lowest BCUT2D eigenvalue weighted by molar-refractivity contribution is -0.148. The molecule has 2 unspecified atom stereocenters. The van der Waals surface area contributed by atoms with Gasteiger partial charge < -0.3 is 14.4 Å². The molecule has 2 saturated heterocycles. The normalized spacial score (nSPS) is 21.6. The lowest BCUT2D eigenvalue weighted by atomic mass is 9.91. The van der Waals surface area contributed by atoms with E-state index < -0.39 is 42.2 Å². The van der Waals surface area contributed by atoms with Crippen LogP contribution >= 0.6 is 0 Å². The smallest absolute Gasteiger partial charge is 0.340 e. The van der Waals surface area contributed by atoms with E-state index in [1.165, 1.54) is 40.1 Å². The predicted octanol–water partition coefficient (Wildman–Crippen LogP) is 4.80. The molecule has 0 aliphatic carbocycles. The predicted molar refractivity (Wildman–Crippen MR) is 106 cm³/mol. The van der Waals surface area contributed by atoms with Crippen molar-refractivity contribution in [3.8, 4) is 5.75 Å². The molecule has 2 atom stereocenters. The number of nitrogens with zero attached hydrogens (tertiary/aromatic N) is 2. The summed E-state index contributed by atoms with van der Waals surface area (Å²) in [6, 6.07) is 7.79. The molecule has 2 aromatic carbocycles. The lowest BCUT2D eigenvalue weighted by Gasteiger charge is -2.30. The zero-order valence-electron chi connectivity index (χ0n) is 17.4. The van der Waals surface area contributed by atoms with E-state index in [9.17, 15) is 31.1 Å². The van der Waals surface area contributed by atoms with Crippen LogP contribution in [0.1, 0.15) is 12.5 Å². The van der Waals surface area contributed by atoms with Gasteiger partial charge in [-0.3, -0.25) is 4.90 Å². The highest BCUT2D eigenvalue weighted by Gasteiger charge is 2.56.